The van der Waals surface area contributed by atoms with E-state index in [4.69, 9.17) is 14.2 Å². The van der Waals surface area contributed by atoms with Gasteiger partial charge in [-0.25, -0.2) is 0 Å². The van der Waals surface area contributed by atoms with E-state index in [1.54, 1.807) is 14.2 Å². The van der Waals surface area contributed by atoms with Gasteiger partial charge in [-0.2, -0.15) is 0 Å². The van der Waals surface area contributed by atoms with Crippen LogP contribution < -0.4 is 24.4 Å². The van der Waals surface area contributed by atoms with Crippen LogP contribution in [0.4, 0.5) is 0 Å². The number of para-hydroxylation sites is 1. The maximum Gasteiger partial charge on any atom is 0.275 e. The molecule has 6 heteroatoms. The summed E-state index contributed by atoms with van der Waals surface area (Å²) in [6.07, 6.45) is 0. The van der Waals surface area contributed by atoms with Crippen molar-refractivity contribution in [2.24, 2.45) is 0 Å². The highest BCUT2D eigenvalue weighted by molar-refractivity contribution is 5.76. The largest absolute Gasteiger partial charge is 0.496 e. The molecule has 2 rings (SSSR count). The second kappa shape index (κ2) is 10.4. The third-order valence-corrected chi connectivity index (χ3v) is 4.16. The van der Waals surface area contributed by atoms with E-state index in [0.29, 0.717) is 32.0 Å². The lowest BCUT2D eigenvalue weighted by atomic mass is 10.2. The molecule has 0 aliphatic carbocycles. The third kappa shape index (κ3) is 6.18. The maximum absolute atomic E-state index is 12.3. The second-order valence-corrected chi connectivity index (χ2v) is 6.32. The van der Waals surface area contributed by atoms with Crippen LogP contribution in [0, 0.1) is 0 Å². The van der Waals surface area contributed by atoms with Crippen molar-refractivity contribution in [3.63, 3.8) is 0 Å². The first-order valence-corrected chi connectivity index (χ1v) is 9.07. The van der Waals surface area contributed by atoms with Crippen molar-refractivity contribution in [1.29, 1.82) is 0 Å². The number of likely N-dealkylation sites (N-methyl/N-ethyl adjacent to an activating group) is 1. The highest BCUT2D eigenvalue weighted by Gasteiger charge is 2.13. The van der Waals surface area contributed by atoms with Crippen LogP contribution >= 0.6 is 0 Å². The average Bonchev–Trinajstić information content (AvgIpc) is 2.67. The van der Waals surface area contributed by atoms with Crippen LogP contribution in [-0.2, 0) is 17.9 Å². The van der Waals surface area contributed by atoms with Crippen molar-refractivity contribution in [2.45, 2.75) is 20.0 Å². The molecule has 2 aromatic rings. The summed E-state index contributed by atoms with van der Waals surface area (Å²) in [4.78, 5) is 13.3. The first-order valence-electron chi connectivity index (χ1n) is 9.07. The molecule has 0 aliphatic rings. The fourth-order valence-corrected chi connectivity index (χ4v) is 2.89. The number of carbonyl (C=O) groups is 1. The summed E-state index contributed by atoms with van der Waals surface area (Å²) >= 11 is 0. The van der Waals surface area contributed by atoms with Crippen molar-refractivity contribution in [3.05, 3.63) is 53.6 Å². The van der Waals surface area contributed by atoms with Gasteiger partial charge in [-0.05, 0) is 31.2 Å². The molecule has 0 aliphatic heterocycles. The predicted molar refractivity (Wildman–Crippen MR) is 104 cm³/mol. The van der Waals surface area contributed by atoms with Crippen LogP contribution in [0.15, 0.2) is 42.5 Å². The van der Waals surface area contributed by atoms with E-state index in [1.807, 2.05) is 56.4 Å². The lowest BCUT2D eigenvalue weighted by Gasteiger charge is -2.16. The first kappa shape index (κ1) is 20.6. The lowest BCUT2D eigenvalue weighted by Crippen LogP contribution is -3.08. The molecule has 0 fully saturated rings. The number of methoxy groups -OCH3 is 2. The lowest BCUT2D eigenvalue weighted by molar-refractivity contribution is -0.885. The Labute approximate surface area is 161 Å². The molecular weight excluding hydrogens is 344 g/mol. The molecule has 0 heterocycles. The Balaban J connectivity index is 1.87. The maximum atomic E-state index is 12.3. The highest BCUT2D eigenvalue weighted by Crippen LogP contribution is 2.27. The van der Waals surface area contributed by atoms with Gasteiger partial charge in [0.05, 0.1) is 27.9 Å². The van der Waals surface area contributed by atoms with Gasteiger partial charge in [0, 0.05) is 17.7 Å². The van der Waals surface area contributed by atoms with E-state index >= 15 is 0 Å². The number of hydrogen-bond donors (Lipinski definition) is 2. The smallest absolute Gasteiger partial charge is 0.275 e. The van der Waals surface area contributed by atoms with E-state index in [9.17, 15) is 4.79 Å². The fourth-order valence-electron chi connectivity index (χ4n) is 2.89. The number of rotatable bonds is 10. The third-order valence-electron chi connectivity index (χ3n) is 4.16. The standard InChI is InChI=1S/C21H28N2O4/c1-5-27-19-11-10-16(12-20(19)26-4)14-23(2)15-21(24)22-13-17-8-6-7-9-18(17)25-3/h6-12H,5,13-15H2,1-4H3,(H,22,24)/p+1. The zero-order chi connectivity index (χ0) is 19.6. The molecule has 1 atom stereocenters. The molecule has 1 amide bonds. The van der Waals surface area contributed by atoms with Gasteiger partial charge in [-0.1, -0.05) is 18.2 Å². The molecule has 0 spiro atoms. The van der Waals surface area contributed by atoms with E-state index < -0.39 is 0 Å². The summed E-state index contributed by atoms with van der Waals surface area (Å²) in [6, 6.07) is 13.5. The van der Waals surface area contributed by atoms with Crippen molar-refractivity contribution in [1.82, 2.24) is 5.32 Å². The van der Waals surface area contributed by atoms with Crippen LogP contribution in [-0.4, -0.2) is 40.3 Å². The summed E-state index contributed by atoms with van der Waals surface area (Å²) in [5.41, 5.74) is 2.05. The molecule has 0 radical (unpaired) electrons. The number of ether oxygens (including phenoxy) is 3. The number of quaternary nitrogens is 1. The fraction of sp³-hybridized carbons (Fsp3) is 0.381. The van der Waals surface area contributed by atoms with E-state index in [1.165, 1.54) is 0 Å². The van der Waals surface area contributed by atoms with Crippen LogP contribution in [0.2, 0.25) is 0 Å². The first-order chi connectivity index (χ1) is 13.1. The zero-order valence-corrected chi connectivity index (χ0v) is 16.5. The molecule has 0 aromatic heterocycles. The molecule has 2 N–H and O–H groups in total. The minimum Gasteiger partial charge on any atom is -0.496 e. The summed E-state index contributed by atoms with van der Waals surface area (Å²) in [5.74, 6) is 2.22. The van der Waals surface area contributed by atoms with Gasteiger partial charge >= 0.3 is 0 Å². The summed E-state index contributed by atoms with van der Waals surface area (Å²) < 4.78 is 16.2. The van der Waals surface area contributed by atoms with Crippen LogP contribution in [0.1, 0.15) is 18.1 Å². The SMILES string of the molecule is CCOc1ccc(C[NH+](C)CC(=O)NCc2ccccc2OC)cc1OC. The van der Waals surface area contributed by atoms with Gasteiger partial charge in [-0.15, -0.1) is 0 Å². The number of carbonyl (C=O) groups excluding carboxylic acids is 1. The van der Waals surface area contributed by atoms with E-state index in [-0.39, 0.29) is 5.91 Å². The summed E-state index contributed by atoms with van der Waals surface area (Å²) in [6.45, 7) is 4.07. The van der Waals surface area contributed by atoms with Gasteiger partial charge in [-0.3, -0.25) is 4.79 Å². The van der Waals surface area contributed by atoms with E-state index in [0.717, 1.165) is 27.5 Å². The molecule has 6 nitrogen and oxygen atoms in total. The molecule has 0 bridgehead atoms. The van der Waals surface area contributed by atoms with Gasteiger partial charge in [0.25, 0.3) is 5.91 Å². The van der Waals surface area contributed by atoms with Crippen molar-refractivity contribution < 1.29 is 23.9 Å². The summed E-state index contributed by atoms with van der Waals surface area (Å²) in [5, 5.41) is 2.95. The Morgan fingerprint density at radius 2 is 1.78 bits per heavy atom. The minimum absolute atomic E-state index is 0.00342. The number of benzene rings is 2. The Bertz CT molecular complexity index is 749. The Morgan fingerprint density at radius 1 is 1.04 bits per heavy atom. The van der Waals surface area contributed by atoms with Crippen LogP contribution in [0.25, 0.3) is 0 Å². The van der Waals surface area contributed by atoms with Crippen molar-refractivity contribution in [3.8, 4) is 17.2 Å². The normalized spacial score (nSPS) is 11.6. The van der Waals surface area contributed by atoms with Gasteiger partial charge in [0.1, 0.15) is 12.3 Å². The number of hydrogen-bond acceptors (Lipinski definition) is 4. The molecular formula is C21H29N2O4+. The molecule has 0 saturated heterocycles. The average molecular weight is 373 g/mol. The van der Waals surface area contributed by atoms with Gasteiger partial charge in [0.15, 0.2) is 18.0 Å². The van der Waals surface area contributed by atoms with Crippen molar-refractivity contribution in [2.75, 3.05) is 34.4 Å². The highest BCUT2D eigenvalue weighted by atomic mass is 16.5. The molecule has 1 unspecified atom stereocenters. The predicted octanol–water partition coefficient (Wildman–Crippen LogP) is 1.43. The second-order valence-electron chi connectivity index (χ2n) is 6.32. The minimum atomic E-state index is -0.00342. The van der Waals surface area contributed by atoms with Gasteiger partial charge < -0.3 is 24.4 Å². The molecule has 146 valence electrons. The quantitative estimate of drug-likeness (QED) is 0.662. The summed E-state index contributed by atoms with van der Waals surface area (Å²) in [7, 11) is 5.25. The van der Waals surface area contributed by atoms with Gasteiger partial charge in [0.2, 0.25) is 0 Å². The molecule has 2 aromatic carbocycles. The van der Waals surface area contributed by atoms with Crippen LogP contribution in [0.5, 0.6) is 17.2 Å². The Morgan fingerprint density at radius 3 is 2.48 bits per heavy atom. The zero-order valence-electron chi connectivity index (χ0n) is 16.5. The Kier molecular flexibility index (Phi) is 7.95. The van der Waals surface area contributed by atoms with Crippen LogP contribution in [0.3, 0.4) is 0 Å². The molecule has 27 heavy (non-hydrogen) atoms. The Hall–Kier alpha value is -2.73. The van der Waals surface area contributed by atoms with E-state index in [2.05, 4.69) is 5.32 Å². The topological polar surface area (TPSA) is 61.2 Å². The molecule has 0 saturated carbocycles. The number of nitrogens with one attached hydrogen (secondary N) is 2. The monoisotopic (exact) mass is 373 g/mol. The van der Waals surface area contributed by atoms with Crippen molar-refractivity contribution >= 4 is 5.91 Å². The number of amides is 1.